The molecule has 0 saturated heterocycles. The first-order valence-corrected chi connectivity index (χ1v) is 12.5. The lowest BCUT2D eigenvalue weighted by atomic mass is 9.92. The molecule has 1 aromatic carbocycles. The first-order valence-electron chi connectivity index (χ1n) is 11.7. The second-order valence-corrected chi connectivity index (χ2v) is 9.54. The van der Waals surface area contributed by atoms with Crippen LogP contribution in [0.3, 0.4) is 0 Å². The molecular weight excluding hydrogens is 468 g/mol. The number of nitrogens with two attached hydrogens (primary N) is 1. The van der Waals surface area contributed by atoms with E-state index in [0.717, 1.165) is 35.4 Å². The van der Waals surface area contributed by atoms with Crippen molar-refractivity contribution in [2.24, 2.45) is 5.92 Å². The van der Waals surface area contributed by atoms with E-state index in [1.807, 2.05) is 24.3 Å². The van der Waals surface area contributed by atoms with Crippen molar-refractivity contribution in [1.29, 1.82) is 0 Å². The van der Waals surface area contributed by atoms with E-state index in [4.69, 9.17) is 0 Å². The summed E-state index contributed by atoms with van der Waals surface area (Å²) in [6.45, 7) is 5.89. The molecule has 188 valence electrons. The monoisotopic (exact) mass is 501 g/mol. The van der Waals surface area contributed by atoms with Crippen molar-refractivity contribution in [3.8, 4) is 0 Å². The van der Waals surface area contributed by atoms with Crippen molar-refractivity contribution in [1.82, 2.24) is 26.3 Å². The van der Waals surface area contributed by atoms with Gasteiger partial charge in [-0.25, -0.2) is 9.78 Å². The summed E-state index contributed by atoms with van der Waals surface area (Å²) in [7, 11) is 1.50. The molecule has 11 heteroatoms. The Kier molecular flexibility index (Phi) is 9.47. The normalized spacial score (nSPS) is 17.1. The lowest BCUT2D eigenvalue weighted by Crippen LogP contribution is -2.89. The quantitative estimate of drug-likeness (QED) is 0.351. The van der Waals surface area contributed by atoms with Crippen LogP contribution in [-0.4, -0.2) is 61.8 Å². The molecule has 1 aliphatic heterocycles. The number of hydrogen-bond acceptors (Lipinski definition) is 7. The molecular formula is C24H33N6O4S+. The SMILES string of the molecule is CNC(=O)c1nc(C)c(C(=O)NC[C@@H](C)C(=O)NC[C@@H]2C(=O)[NH2+]CCCNCc3ccccc32)s1. The highest BCUT2D eigenvalue weighted by atomic mass is 32.1. The molecule has 2 heterocycles. The van der Waals surface area contributed by atoms with Crippen LogP contribution in [0.1, 0.15) is 55.6 Å². The molecule has 4 amide bonds. The van der Waals surface area contributed by atoms with Crippen LogP contribution in [0.15, 0.2) is 24.3 Å². The molecule has 2 atom stereocenters. The van der Waals surface area contributed by atoms with Crippen molar-refractivity contribution >= 4 is 35.0 Å². The van der Waals surface area contributed by atoms with Crippen molar-refractivity contribution < 1.29 is 24.5 Å². The second-order valence-electron chi connectivity index (χ2n) is 8.55. The Morgan fingerprint density at radius 1 is 1.23 bits per heavy atom. The molecule has 0 bridgehead atoms. The first kappa shape index (κ1) is 26.5. The summed E-state index contributed by atoms with van der Waals surface area (Å²) in [6, 6.07) is 7.79. The summed E-state index contributed by atoms with van der Waals surface area (Å²) in [5.41, 5.74) is 2.42. The first-order chi connectivity index (χ1) is 16.8. The zero-order valence-corrected chi connectivity index (χ0v) is 21.1. The minimum absolute atomic E-state index is 0.00759. The van der Waals surface area contributed by atoms with Gasteiger partial charge in [0.15, 0.2) is 5.01 Å². The molecule has 0 unspecified atom stereocenters. The van der Waals surface area contributed by atoms with E-state index in [1.165, 1.54) is 7.05 Å². The predicted molar refractivity (Wildman–Crippen MR) is 132 cm³/mol. The lowest BCUT2D eigenvalue weighted by molar-refractivity contribution is -0.570. The highest BCUT2D eigenvalue weighted by Crippen LogP contribution is 2.20. The van der Waals surface area contributed by atoms with Crippen LogP contribution in [0, 0.1) is 12.8 Å². The van der Waals surface area contributed by atoms with E-state index in [0.29, 0.717) is 23.7 Å². The average Bonchev–Trinajstić information content (AvgIpc) is 3.26. The molecule has 0 aliphatic carbocycles. The van der Waals surface area contributed by atoms with Gasteiger partial charge in [-0.05, 0) is 18.1 Å². The molecule has 0 saturated carbocycles. The molecule has 2 aromatic rings. The Balaban J connectivity index is 1.59. The van der Waals surface area contributed by atoms with E-state index < -0.39 is 11.8 Å². The lowest BCUT2D eigenvalue weighted by Gasteiger charge is -2.21. The molecule has 3 rings (SSSR count). The van der Waals surface area contributed by atoms with Crippen LogP contribution in [0.4, 0.5) is 0 Å². The van der Waals surface area contributed by atoms with Gasteiger partial charge in [-0.1, -0.05) is 31.2 Å². The number of fused-ring (bicyclic) bond motifs is 1. The Morgan fingerprint density at radius 3 is 2.77 bits per heavy atom. The Labute approximate surface area is 208 Å². The number of carbonyl (C=O) groups is 4. The van der Waals surface area contributed by atoms with Crippen molar-refractivity contribution in [3.63, 3.8) is 0 Å². The number of thiazole rings is 1. The van der Waals surface area contributed by atoms with Gasteiger partial charge in [-0.15, -0.1) is 11.3 Å². The fourth-order valence-electron chi connectivity index (χ4n) is 3.84. The fraction of sp³-hybridized carbons (Fsp3) is 0.458. The Bertz CT molecular complexity index is 1090. The number of primary amides is 1. The van der Waals surface area contributed by atoms with Crippen molar-refractivity contribution in [2.75, 3.05) is 33.2 Å². The summed E-state index contributed by atoms with van der Waals surface area (Å²) in [5.74, 6) is -1.95. The van der Waals surface area contributed by atoms with Crippen LogP contribution < -0.4 is 26.6 Å². The number of hydrogen-bond donors (Lipinski definition) is 5. The number of quaternary nitrogens is 1. The molecule has 35 heavy (non-hydrogen) atoms. The zero-order chi connectivity index (χ0) is 25.4. The molecule has 10 nitrogen and oxygen atoms in total. The fourth-order valence-corrected chi connectivity index (χ4v) is 4.77. The van der Waals surface area contributed by atoms with Gasteiger partial charge in [0.05, 0.1) is 18.2 Å². The number of amides is 4. The molecule has 6 N–H and O–H groups in total. The van der Waals surface area contributed by atoms with E-state index in [9.17, 15) is 19.2 Å². The van der Waals surface area contributed by atoms with Crippen LogP contribution >= 0.6 is 11.3 Å². The van der Waals surface area contributed by atoms with Gasteiger partial charge in [0.25, 0.3) is 11.8 Å². The number of benzene rings is 1. The van der Waals surface area contributed by atoms with Crippen LogP contribution in [0.5, 0.6) is 0 Å². The van der Waals surface area contributed by atoms with Crippen LogP contribution in [0.2, 0.25) is 0 Å². The Hall–Kier alpha value is -3.15. The predicted octanol–water partition coefficient (Wildman–Crippen LogP) is -0.340. The van der Waals surface area contributed by atoms with Gasteiger partial charge in [0, 0.05) is 39.6 Å². The van der Waals surface area contributed by atoms with Gasteiger partial charge in [-0.2, -0.15) is 0 Å². The second kappa shape index (κ2) is 12.5. The van der Waals surface area contributed by atoms with E-state index >= 15 is 0 Å². The summed E-state index contributed by atoms with van der Waals surface area (Å²) in [6.07, 6.45) is 0.883. The number of rotatable bonds is 7. The summed E-state index contributed by atoms with van der Waals surface area (Å²) >= 11 is 1.01. The molecule has 1 aromatic heterocycles. The maximum Gasteiger partial charge on any atom is 0.319 e. The smallest absolute Gasteiger partial charge is 0.319 e. The zero-order valence-electron chi connectivity index (χ0n) is 20.3. The van der Waals surface area contributed by atoms with E-state index in [1.54, 1.807) is 19.2 Å². The highest BCUT2D eigenvalue weighted by Gasteiger charge is 2.28. The van der Waals surface area contributed by atoms with Crippen LogP contribution in [-0.2, 0) is 16.1 Å². The molecule has 0 fully saturated rings. The van der Waals surface area contributed by atoms with Gasteiger partial charge in [0.2, 0.25) is 5.91 Å². The summed E-state index contributed by atoms with van der Waals surface area (Å²) in [4.78, 5) is 54.5. The topological polar surface area (TPSA) is 146 Å². The number of nitrogens with zero attached hydrogens (tertiary/aromatic N) is 1. The van der Waals surface area contributed by atoms with Gasteiger partial charge >= 0.3 is 5.91 Å². The number of nitrogens with one attached hydrogen (secondary N) is 4. The maximum absolute atomic E-state index is 12.9. The summed E-state index contributed by atoms with van der Waals surface area (Å²) < 4.78 is 0. The number of carbonyl (C=O) groups excluding carboxylic acids is 4. The third kappa shape index (κ3) is 6.93. The molecule has 0 radical (unpaired) electrons. The number of aromatic nitrogens is 1. The third-order valence-corrected chi connectivity index (χ3v) is 7.07. The largest absolute Gasteiger partial charge is 0.355 e. The minimum atomic E-state index is -0.513. The van der Waals surface area contributed by atoms with Gasteiger partial charge in [-0.3, -0.25) is 19.7 Å². The van der Waals surface area contributed by atoms with Gasteiger partial charge < -0.3 is 21.3 Å². The highest BCUT2D eigenvalue weighted by molar-refractivity contribution is 7.15. The minimum Gasteiger partial charge on any atom is -0.355 e. The Morgan fingerprint density at radius 2 is 2.00 bits per heavy atom. The van der Waals surface area contributed by atoms with Crippen molar-refractivity contribution in [3.05, 3.63) is 51.0 Å². The summed E-state index contributed by atoms with van der Waals surface area (Å²) in [5, 5.41) is 13.5. The van der Waals surface area contributed by atoms with Crippen molar-refractivity contribution in [2.45, 2.75) is 32.7 Å². The molecule has 0 spiro atoms. The van der Waals surface area contributed by atoms with E-state index in [-0.39, 0.29) is 41.7 Å². The van der Waals surface area contributed by atoms with E-state index in [2.05, 4.69) is 26.3 Å². The third-order valence-electron chi connectivity index (χ3n) is 5.91. The van der Waals surface area contributed by atoms with Crippen LogP contribution in [0.25, 0.3) is 0 Å². The maximum atomic E-state index is 12.9. The standard InChI is InChI=1S/C24H32N6O4S/c1-14(11-28-22(33)19-15(2)30-24(35-19)23(34)25-3)20(31)29-13-18-17-8-5-4-7-16(17)12-26-9-6-10-27-21(18)32/h4-5,7-8,14,18,26H,6,9-13H2,1-3H3,(H,25,34)(H,27,32)(H,28,33)(H,29,31)/p+1/t14-,18+/m1/s1. The van der Waals surface area contributed by atoms with Gasteiger partial charge in [0.1, 0.15) is 10.8 Å². The number of aryl methyl sites for hydroxylation is 1. The average molecular weight is 502 g/mol. The molecule has 1 aliphatic rings.